The van der Waals surface area contributed by atoms with Gasteiger partial charge in [0.05, 0.1) is 19.6 Å². The van der Waals surface area contributed by atoms with Crippen LogP contribution < -0.4 is 0 Å². The fraction of sp³-hybridized carbons (Fsp3) is 0.727. The van der Waals surface area contributed by atoms with Gasteiger partial charge in [0.15, 0.2) is 0 Å². The van der Waals surface area contributed by atoms with Crippen LogP contribution in [0.5, 0.6) is 0 Å². The van der Waals surface area contributed by atoms with Crippen LogP contribution in [0.25, 0.3) is 0 Å². The van der Waals surface area contributed by atoms with E-state index >= 15 is 0 Å². The largest absolute Gasteiger partial charge is 0.466 e. The van der Waals surface area contributed by atoms with Gasteiger partial charge in [-0.25, -0.2) is 0 Å². The van der Waals surface area contributed by atoms with Crippen LogP contribution >= 0.6 is 23.3 Å². The van der Waals surface area contributed by atoms with Crippen molar-refractivity contribution in [2.75, 3.05) is 25.5 Å². The first-order valence-corrected chi connectivity index (χ1v) is 8.43. The average Bonchev–Trinajstić information content (AvgIpc) is 2.25. The van der Waals surface area contributed by atoms with E-state index in [4.69, 9.17) is 9.26 Å². The molecule has 0 aliphatic carbocycles. The molecule has 0 heterocycles. The number of hydrogen-bond acceptors (Lipinski definition) is 4. The van der Waals surface area contributed by atoms with Crippen molar-refractivity contribution in [3.05, 3.63) is 10.6 Å². The second-order valence-corrected chi connectivity index (χ2v) is 7.43. The Morgan fingerprint density at radius 1 is 1.35 bits per heavy atom. The van der Waals surface area contributed by atoms with Gasteiger partial charge in [0.1, 0.15) is 0 Å². The number of carbonyl (C=O) groups is 1. The minimum atomic E-state index is -2.76. The normalized spacial score (nSPS) is 15.4. The van der Waals surface area contributed by atoms with Crippen LogP contribution in [-0.2, 0) is 18.6 Å². The van der Waals surface area contributed by atoms with Gasteiger partial charge in [-0.2, -0.15) is 0 Å². The molecular formula is C11H20BrO4P. The van der Waals surface area contributed by atoms with Crippen LogP contribution in [0.4, 0.5) is 0 Å². The summed E-state index contributed by atoms with van der Waals surface area (Å²) >= 11 is 3.28. The van der Waals surface area contributed by atoms with Crippen LogP contribution in [0.2, 0.25) is 0 Å². The summed E-state index contributed by atoms with van der Waals surface area (Å²) in [5.41, 5.74) is 0. The van der Waals surface area contributed by atoms with Crippen molar-refractivity contribution < 1.29 is 18.6 Å². The van der Waals surface area contributed by atoms with E-state index in [1.54, 1.807) is 13.8 Å². The van der Waals surface area contributed by atoms with Gasteiger partial charge in [-0.3, -0.25) is 9.36 Å². The highest BCUT2D eigenvalue weighted by atomic mass is 79.9. The molecule has 0 aliphatic rings. The molecule has 100 valence electrons. The van der Waals surface area contributed by atoms with E-state index in [2.05, 4.69) is 15.9 Å². The van der Waals surface area contributed by atoms with Gasteiger partial charge < -0.3 is 9.26 Å². The summed E-state index contributed by atoms with van der Waals surface area (Å²) in [5, 5.41) is 0. The van der Waals surface area contributed by atoms with Crippen LogP contribution in [-0.4, -0.2) is 31.5 Å². The van der Waals surface area contributed by atoms with Crippen molar-refractivity contribution >= 4 is 29.3 Å². The molecule has 0 rings (SSSR count). The molecule has 0 aliphatic heterocycles. The number of rotatable bonds is 8. The smallest absolute Gasteiger partial charge is 0.306 e. The van der Waals surface area contributed by atoms with E-state index < -0.39 is 7.37 Å². The maximum absolute atomic E-state index is 12.3. The van der Waals surface area contributed by atoms with Crippen molar-refractivity contribution in [2.24, 2.45) is 0 Å². The molecule has 0 saturated heterocycles. The first-order chi connectivity index (χ1) is 7.93. The van der Waals surface area contributed by atoms with E-state index in [9.17, 15) is 9.36 Å². The number of ether oxygens (including phenoxy) is 1. The summed E-state index contributed by atoms with van der Waals surface area (Å²) in [6, 6.07) is 0. The monoisotopic (exact) mass is 326 g/mol. The molecule has 1 atom stereocenters. The van der Waals surface area contributed by atoms with E-state index in [0.717, 1.165) is 4.48 Å². The van der Waals surface area contributed by atoms with E-state index in [1.807, 2.05) is 13.0 Å². The highest BCUT2D eigenvalue weighted by Gasteiger charge is 2.22. The SMILES string of the molecule is CCOC(=O)CCP(=O)(C/C=C(\C)Br)OCC. The number of carbonyl (C=O) groups excluding carboxylic acids is 1. The summed E-state index contributed by atoms with van der Waals surface area (Å²) < 4.78 is 23.3. The highest BCUT2D eigenvalue weighted by molar-refractivity contribution is 9.11. The van der Waals surface area contributed by atoms with Gasteiger partial charge >= 0.3 is 5.97 Å². The third-order valence-electron chi connectivity index (χ3n) is 1.98. The fourth-order valence-corrected chi connectivity index (χ4v) is 3.58. The topological polar surface area (TPSA) is 52.6 Å². The molecule has 0 fully saturated rings. The number of esters is 1. The van der Waals surface area contributed by atoms with Crippen LogP contribution in [0.3, 0.4) is 0 Å². The lowest BCUT2D eigenvalue weighted by Gasteiger charge is -2.15. The molecule has 0 saturated carbocycles. The van der Waals surface area contributed by atoms with Crippen molar-refractivity contribution in [2.45, 2.75) is 27.2 Å². The molecule has 0 aromatic heterocycles. The van der Waals surface area contributed by atoms with Gasteiger partial charge in [-0.1, -0.05) is 22.0 Å². The fourth-order valence-electron chi connectivity index (χ4n) is 1.20. The van der Waals surface area contributed by atoms with Crippen molar-refractivity contribution in [3.63, 3.8) is 0 Å². The second-order valence-electron chi connectivity index (χ2n) is 3.48. The highest BCUT2D eigenvalue weighted by Crippen LogP contribution is 2.47. The van der Waals surface area contributed by atoms with Crippen molar-refractivity contribution in [1.29, 1.82) is 0 Å². The van der Waals surface area contributed by atoms with Gasteiger partial charge in [0, 0.05) is 12.3 Å². The van der Waals surface area contributed by atoms with Crippen LogP contribution in [0.1, 0.15) is 27.2 Å². The Balaban J connectivity index is 4.35. The molecule has 1 unspecified atom stereocenters. The van der Waals surface area contributed by atoms with Crippen molar-refractivity contribution in [1.82, 2.24) is 0 Å². The summed E-state index contributed by atoms with van der Waals surface area (Å²) in [4.78, 5) is 11.2. The predicted molar refractivity (Wildman–Crippen MR) is 72.9 cm³/mol. The molecular weight excluding hydrogens is 307 g/mol. The molecule has 0 amide bonds. The van der Waals surface area contributed by atoms with Gasteiger partial charge in [0.25, 0.3) is 0 Å². The lowest BCUT2D eigenvalue weighted by molar-refractivity contribution is -0.142. The van der Waals surface area contributed by atoms with Gasteiger partial charge in [-0.15, -0.1) is 0 Å². The molecule has 0 radical (unpaired) electrons. The van der Waals surface area contributed by atoms with Gasteiger partial charge in [0.2, 0.25) is 7.37 Å². The maximum atomic E-state index is 12.3. The maximum Gasteiger partial charge on any atom is 0.306 e. The Bertz CT molecular complexity index is 311. The third-order valence-corrected chi connectivity index (χ3v) is 4.67. The Morgan fingerprint density at radius 3 is 2.47 bits per heavy atom. The standard InChI is InChI=1S/C11H20BrO4P/c1-4-15-11(13)7-9-17(14,16-5-2)8-6-10(3)12/h6H,4-5,7-9H2,1-3H3/b10-6+. The summed E-state index contributed by atoms with van der Waals surface area (Å²) in [6.07, 6.45) is 2.52. The zero-order valence-corrected chi connectivity index (χ0v) is 13.1. The number of hydrogen-bond donors (Lipinski definition) is 0. The minimum absolute atomic E-state index is 0.139. The van der Waals surface area contributed by atoms with E-state index in [1.165, 1.54) is 0 Å². The van der Waals surface area contributed by atoms with Crippen LogP contribution in [0, 0.1) is 0 Å². The van der Waals surface area contributed by atoms with E-state index in [-0.39, 0.29) is 18.6 Å². The minimum Gasteiger partial charge on any atom is -0.466 e. The first-order valence-electron chi connectivity index (χ1n) is 5.64. The number of allylic oxidation sites excluding steroid dienone is 2. The predicted octanol–water partition coefficient (Wildman–Crippen LogP) is 3.55. The molecule has 6 heteroatoms. The lowest BCUT2D eigenvalue weighted by atomic mass is 10.5. The zero-order valence-electron chi connectivity index (χ0n) is 10.6. The summed E-state index contributed by atoms with van der Waals surface area (Å²) in [6.45, 7) is 6.13. The summed E-state index contributed by atoms with van der Waals surface area (Å²) in [7, 11) is -2.76. The second kappa shape index (κ2) is 8.90. The molecule has 0 spiro atoms. The average molecular weight is 327 g/mol. The Labute approximate surface area is 111 Å². The molecule has 0 aromatic rings. The van der Waals surface area contributed by atoms with Crippen LogP contribution in [0.15, 0.2) is 10.6 Å². The Hall–Kier alpha value is -0.120. The molecule has 0 N–H and O–H groups in total. The molecule has 0 aromatic carbocycles. The molecule has 4 nitrogen and oxygen atoms in total. The lowest BCUT2D eigenvalue weighted by Crippen LogP contribution is -2.08. The quantitative estimate of drug-likeness (QED) is 0.505. The third kappa shape index (κ3) is 8.58. The molecule has 0 bridgehead atoms. The molecule has 17 heavy (non-hydrogen) atoms. The Morgan fingerprint density at radius 2 is 2.00 bits per heavy atom. The Kier molecular flexibility index (Phi) is 8.83. The summed E-state index contributed by atoms with van der Waals surface area (Å²) in [5.74, 6) is -0.327. The first kappa shape index (κ1) is 16.9. The van der Waals surface area contributed by atoms with Gasteiger partial charge in [-0.05, 0) is 25.3 Å². The zero-order chi connectivity index (χ0) is 13.3. The van der Waals surface area contributed by atoms with Crippen molar-refractivity contribution in [3.8, 4) is 0 Å². The number of halogens is 1. The van der Waals surface area contributed by atoms with E-state index in [0.29, 0.717) is 19.4 Å².